The first kappa shape index (κ1) is 22.7. The Bertz CT molecular complexity index is 1500. The van der Waals surface area contributed by atoms with E-state index in [1.54, 1.807) is 36.4 Å². The van der Waals surface area contributed by atoms with E-state index >= 15 is 0 Å². The molecule has 0 spiro atoms. The second kappa shape index (κ2) is 8.96. The van der Waals surface area contributed by atoms with Crippen LogP contribution in [-0.2, 0) is 13.0 Å². The number of ether oxygens (including phenoxy) is 1. The lowest BCUT2D eigenvalue weighted by Gasteiger charge is -2.19. The van der Waals surface area contributed by atoms with Gasteiger partial charge in [-0.15, -0.1) is 0 Å². The van der Waals surface area contributed by atoms with Crippen molar-refractivity contribution in [3.05, 3.63) is 111 Å². The first-order valence-corrected chi connectivity index (χ1v) is 11.1. The number of nitrogens with zero attached hydrogens (tertiary/aromatic N) is 1. The third kappa shape index (κ3) is 4.06. The highest BCUT2D eigenvalue weighted by Crippen LogP contribution is 2.31. The van der Waals surface area contributed by atoms with Crippen molar-refractivity contribution in [3.8, 4) is 5.75 Å². The van der Waals surface area contributed by atoms with Gasteiger partial charge in [0.05, 0.1) is 30.2 Å². The zero-order valence-corrected chi connectivity index (χ0v) is 18.8. The zero-order valence-electron chi connectivity index (χ0n) is 18.8. The number of aliphatic hydroxyl groups is 1. The van der Waals surface area contributed by atoms with E-state index in [4.69, 9.17) is 4.74 Å². The molecule has 0 bridgehead atoms. The van der Waals surface area contributed by atoms with Gasteiger partial charge >= 0.3 is 0 Å². The maximum Gasteiger partial charge on any atom is 0.257 e. The number of rotatable bonds is 5. The number of methoxy groups -OCH3 is 1. The summed E-state index contributed by atoms with van der Waals surface area (Å²) in [5, 5.41) is 12.7. The van der Waals surface area contributed by atoms with Crippen LogP contribution in [0.1, 0.15) is 33.1 Å². The average Bonchev–Trinajstić information content (AvgIpc) is 3.17. The summed E-state index contributed by atoms with van der Waals surface area (Å²) in [4.78, 5) is 26.4. The van der Waals surface area contributed by atoms with Crippen molar-refractivity contribution in [2.75, 3.05) is 7.11 Å². The standard InChI is InChI=1S/C27H22F2N2O4/c1-35-17-8-6-15(7-9-17)13-31-14-19(26(33)23-20(28)10-11-21(29)25(23)31)27(34)30-24-18-5-3-2-4-16(18)12-22(24)32/h2-11,14,22,24,32H,12-13H2,1H3,(H,30,34)/t22-,24-/m0/s1. The molecule has 0 radical (unpaired) electrons. The van der Waals surface area contributed by atoms with Gasteiger partial charge < -0.3 is 19.7 Å². The van der Waals surface area contributed by atoms with Gasteiger partial charge in [0.15, 0.2) is 0 Å². The number of hydrogen-bond acceptors (Lipinski definition) is 4. The van der Waals surface area contributed by atoms with Crippen LogP contribution in [0.15, 0.2) is 71.7 Å². The Balaban J connectivity index is 1.59. The number of aromatic nitrogens is 1. The van der Waals surface area contributed by atoms with Crippen LogP contribution >= 0.6 is 0 Å². The van der Waals surface area contributed by atoms with Crippen LogP contribution < -0.4 is 15.5 Å². The van der Waals surface area contributed by atoms with Crippen LogP contribution in [0.25, 0.3) is 10.9 Å². The Morgan fingerprint density at radius 2 is 1.80 bits per heavy atom. The lowest BCUT2D eigenvalue weighted by molar-refractivity contribution is 0.0856. The molecule has 178 valence electrons. The number of pyridine rings is 1. The average molecular weight is 476 g/mol. The van der Waals surface area contributed by atoms with Crippen molar-refractivity contribution in [2.24, 2.45) is 0 Å². The quantitative estimate of drug-likeness (QED) is 0.460. The van der Waals surface area contributed by atoms with Crippen LogP contribution in [0.4, 0.5) is 8.78 Å². The number of fused-ring (bicyclic) bond motifs is 2. The second-order valence-electron chi connectivity index (χ2n) is 8.52. The first-order chi connectivity index (χ1) is 16.9. The number of benzene rings is 3. The highest BCUT2D eigenvalue weighted by molar-refractivity contribution is 5.98. The van der Waals surface area contributed by atoms with Crippen LogP contribution in [0.5, 0.6) is 5.75 Å². The number of carbonyl (C=O) groups excluding carboxylic acids is 1. The molecule has 1 aromatic heterocycles. The molecule has 0 saturated heterocycles. The number of aliphatic hydroxyl groups excluding tert-OH is 1. The highest BCUT2D eigenvalue weighted by Gasteiger charge is 2.33. The topological polar surface area (TPSA) is 80.6 Å². The normalized spacial score (nSPS) is 16.8. The molecule has 1 amide bonds. The summed E-state index contributed by atoms with van der Waals surface area (Å²) < 4.78 is 36.1. The molecule has 4 aromatic rings. The summed E-state index contributed by atoms with van der Waals surface area (Å²) in [6, 6.07) is 15.4. The molecule has 1 aliphatic rings. The molecular weight excluding hydrogens is 454 g/mol. The number of nitrogens with one attached hydrogen (secondary N) is 1. The molecule has 5 rings (SSSR count). The van der Waals surface area contributed by atoms with Crippen LogP contribution in [0.2, 0.25) is 0 Å². The van der Waals surface area contributed by atoms with Gasteiger partial charge in [-0.2, -0.15) is 0 Å². The minimum absolute atomic E-state index is 0.0797. The lowest BCUT2D eigenvalue weighted by atomic mass is 10.1. The molecule has 8 heteroatoms. The second-order valence-corrected chi connectivity index (χ2v) is 8.52. The van der Waals surface area contributed by atoms with Gasteiger partial charge in [0, 0.05) is 19.2 Å². The SMILES string of the molecule is COc1ccc(Cn2cc(C(=O)N[C@H]3c4ccccc4C[C@@H]3O)c(=O)c3c(F)ccc(F)c32)cc1. The van der Waals surface area contributed by atoms with Crippen LogP contribution in [0, 0.1) is 11.6 Å². The molecule has 1 heterocycles. The zero-order chi connectivity index (χ0) is 24.7. The summed E-state index contributed by atoms with van der Waals surface area (Å²) >= 11 is 0. The van der Waals surface area contributed by atoms with E-state index in [0.29, 0.717) is 12.2 Å². The molecule has 2 atom stereocenters. The van der Waals surface area contributed by atoms with Crippen molar-refractivity contribution in [1.29, 1.82) is 0 Å². The van der Waals surface area contributed by atoms with Crippen LogP contribution in [0.3, 0.4) is 0 Å². The van der Waals surface area contributed by atoms with Gasteiger partial charge in [-0.05, 0) is 41.0 Å². The molecule has 0 aliphatic heterocycles. The van der Waals surface area contributed by atoms with E-state index in [1.807, 2.05) is 12.1 Å². The maximum atomic E-state index is 14.8. The monoisotopic (exact) mass is 476 g/mol. The Kier molecular flexibility index (Phi) is 5.82. The Labute approximate surface area is 199 Å². The van der Waals surface area contributed by atoms with Gasteiger partial charge in [0.1, 0.15) is 22.9 Å². The summed E-state index contributed by atoms with van der Waals surface area (Å²) in [6.07, 6.45) is 0.730. The fraction of sp³-hybridized carbons (Fsp3) is 0.185. The van der Waals surface area contributed by atoms with E-state index in [1.165, 1.54) is 17.9 Å². The largest absolute Gasteiger partial charge is 0.497 e. The fourth-order valence-corrected chi connectivity index (χ4v) is 4.63. The molecule has 2 N–H and O–H groups in total. The predicted octanol–water partition coefficient (Wildman–Crippen LogP) is 3.72. The van der Waals surface area contributed by atoms with Gasteiger partial charge in [-0.25, -0.2) is 8.78 Å². The number of hydrogen-bond donors (Lipinski definition) is 2. The van der Waals surface area contributed by atoms with E-state index in [-0.39, 0.29) is 17.6 Å². The lowest BCUT2D eigenvalue weighted by Crippen LogP contribution is -2.37. The number of amides is 1. The molecule has 0 unspecified atom stereocenters. The van der Waals surface area contributed by atoms with Crippen molar-refractivity contribution < 1.29 is 23.4 Å². The van der Waals surface area contributed by atoms with Gasteiger partial charge in [-0.1, -0.05) is 36.4 Å². The van der Waals surface area contributed by atoms with E-state index in [9.17, 15) is 23.5 Å². The maximum absolute atomic E-state index is 14.8. The molecule has 0 saturated carbocycles. The molecule has 3 aromatic carbocycles. The Morgan fingerprint density at radius 1 is 1.09 bits per heavy atom. The van der Waals surface area contributed by atoms with Crippen LogP contribution in [-0.4, -0.2) is 28.8 Å². The summed E-state index contributed by atoms with van der Waals surface area (Å²) in [5.41, 5.74) is 0.895. The number of carbonyl (C=O) groups is 1. The molecule has 35 heavy (non-hydrogen) atoms. The third-order valence-corrected chi connectivity index (χ3v) is 6.37. The van der Waals surface area contributed by atoms with Gasteiger partial charge in [0.2, 0.25) is 5.43 Å². The van der Waals surface area contributed by atoms with Crippen molar-refractivity contribution in [3.63, 3.8) is 0 Å². The Hall–Kier alpha value is -4.04. The summed E-state index contributed by atoms with van der Waals surface area (Å²) in [6.45, 7) is 0.0797. The van der Waals surface area contributed by atoms with Crippen molar-refractivity contribution >= 4 is 16.8 Å². The third-order valence-electron chi connectivity index (χ3n) is 6.37. The highest BCUT2D eigenvalue weighted by atomic mass is 19.1. The smallest absolute Gasteiger partial charge is 0.257 e. The molecule has 0 fully saturated rings. The first-order valence-electron chi connectivity index (χ1n) is 11.1. The van der Waals surface area contributed by atoms with Crippen molar-refractivity contribution in [1.82, 2.24) is 9.88 Å². The van der Waals surface area contributed by atoms with Crippen molar-refractivity contribution in [2.45, 2.75) is 25.1 Å². The molecule has 6 nitrogen and oxygen atoms in total. The minimum Gasteiger partial charge on any atom is -0.497 e. The molecule has 1 aliphatic carbocycles. The summed E-state index contributed by atoms with van der Waals surface area (Å²) in [7, 11) is 1.53. The minimum atomic E-state index is -0.921. The molecular formula is C27H22F2N2O4. The van der Waals surface area contributed by atoms with Gasteiger partial charge in [0.25, 0.3) is 5.91 Å². The van der Waals surface area contributed by atoms with E-state index < -0.39 is 40.5 Å². The van der Waals surface area contributed by atoms with Gasteiger partial charge in [-0.3, -0.25) is 9.59 Å². The Morgan fingerprint density at radius 3 is 2.54 bits per heavy atom. The fourth-order valence-electron chi connectivity index (χ4n) is 4.63. The summed E-state index contributed by atoms with van der Waals surface area (Å²) in [5.74, 6) is -1.84. The predicted molar refractivity (Wildman–Crippen MR) is 127 cm³/mol. The van der Waals surface area contributed by atoms with E-state index in [0.717, 1.165) is 28.8 Å². The number of halogens is 2. The van der Waals surface area contributed by atoms with E-state index in [2.05, 4.69) is 5.32 Å².